The van der Waals surface area contributed by atoms with E-state index in [1.807, 2.05) is 0 Å². The third-order valence-electron chi connectivity index (χ3n) is 4.37. The van der Waals surface area contributed by atoms with Crippen molar-refractivity contribution in [2.24, 2.45) is 0 Å². The zero-order valence-electron chi connectivity index (χ0n) is 16.1. The van der Waals surface area contributed by atoms with Gasteiger partial charge in [-0.25, -0.2) is 12.7 Å². The Hall–Kier alpha value is -1.46. The highest BCUT2D eigenvalue weighted by Gasteiger charge is 2.22. The molecule has 152 valence electrons. The van der Waals surface area contributed by atoms with E-state index in [4.69, 9.17) is 21.7 Å². The number of rotatable bonds is 8. The number of nitrogens with one attached hydrogen (secondary N) is 3. The van der Waals surface area contributed by atoms with Crippen LogP contribution >= 0.6 is 12.2 Å². The number of morpholine rings is 1. The van der Waals surface area contributed by atoms with Crippen molar-refractivity contribution in [3.05, 3.63) is 18.2 Å². The first-order chi connectivity index (χ1) is 12.8. The van der Waals surface area contributed by atoms with Gasteiger partial charge in [0.15, 0.2) is 5.11 Å². The van der Waals surface area contributed by atoms with E-state index in [1.165, 1.54) is 27.3 Å². The average molecular weight is 418 g/mol. The van der Waals surface area contributed by atoms with Crippen molar-refractivity contribution in [2.75, 3.05) is 65.9 Å². The molecule has 0 radical (unpaired) electrons. The molecule has 0 aliphatic carbocycles. The molecule has 3 N–H and O–H groups in total. The number of ether oxygens (including phenoxy) is 2. The first kappa shape index (κ1) is 21.8. The molecule has 0 unspecified atom stereocenters. The molecule has 1 heterocycles. The molecule has 1 aromatic rings. The van der Waals surface area contributed by atoms with Gasteiger partial charge in [-0.2, -0.15) is 0 Å². The van der Waals surface area contributed by atoms with Crippen molar-refractivity contribution < 1.29 is 22.8 Å². The van der Waals surface area contributed by atoms with Gasteiger partial charge < -0.3 is 25.0 Å². The largest absolute Gasteiger partial charge is 0.495 e. The minimum atomic E-state index is -3.62. The lowest BCUT2D eigenvalue weighted by atomic mass is 10.3. The van der Waals surface area contributed by atoms with Crippen LogP contribution in [0.3, 0.4) is 0 Å². The maximum Gasteiger partial charge on any atom is 0.246 e. The zero-order chi connectivity index (χ0) is 19.9. The number of nitrogens with zero attached hydrogens (tertiary/aromatic N) is 1. The minimum absolute atomic E-state index is 0.0960. The Morgan fingerprint density at radius 3 is 2.67 bits per heavy atom. The molecule has 0 saturated carbocycles. The van der Waals surface area contributed by atoms with Crippen molar-refractivity contribution in [1.29, 1.82) is 0 Å². The standard InChI is InChI=1S/C17H28N4O4S2/c1-20(2)27(22,23)16-13-14(5-6-15(16)24-3)19-17(26)18-7-4-8-21-9-11-25-12-10-21/h5-6,13H,4,7-12H2,1-3H3,(H2,18,19,26)/p+1. The fourth-order valence-electron chi connectivity index (χ4n) is 2.78. The van der Waals surface area contributed by atoms with Crippen LogP contribution in [0, 0.1) is 0 Å². The van der Waals surface area contributed by atoms with Gasteiger partial charge in [0.2, 0.25) is 10.0 Å². The molecule has 8 nitrogen and oxygen atoms in total. The van der Waals surface area contributed by atoms with E-state index in [0.29, 0.717) is 16.5 Å². The van der Waals surface area contributed by atoms with Crippen molar-refractivity contribution in [1.82, 2.24) is 9.62 Å². The van der Waals surface area contributed by atoms with E-state index in [2.05, 4.69) is 10.6 Å². The lowest BCUT2D eigenvalue weighted by molar-refractivity contribution is -0.908. The number of methoxy groups -OCH3 is 1. The minimum Gasteiger partial charge on any atom is -0.495 e. The molecule has 10 heteroatoms. The lowest BCUT2D eigenvalue weighted by Gasteiger charge is -2.23. The van der Waals surface area contributed by atoms with Gasteiger partial charge in [-0.3, -0.25) is 0 Å². The van der Waals surface area contributed by atoms with E-state index < -0.39 is 10.0 Å². The number of hydrogen-bond donors (Lipinski definition) is 3. The Bertz CT molecular complexity index is 734. The van der Waals surface area contributed by atoms with E-state index >= 15 is 0 Å². The number of benzene rings is 1. The van der Waals surface area contributed by atoms with Gasteiger partial charge in [0.25, 0.3) is 0 Å². The van der Waals surface area contributed by atoms with Crippen LogP contribution in [0.1, 0.15) is 6.42 Å². The Labute approximate surface area is 166 Å². The van der Waals surface area contributed by atoms with Crippen LogP contribution in [-0.4, -0.2) is 78.4 Å². The smallest absolute Gasteiger partial charge is 0.246 e. The molecule has 1 aliphatic heterocycles. The van der Waals surface area contributed by atoms with Crippen molar-refractivity contribution in [3.63, 3.8) is 0 Å². The van der Waals surface area contributed by atoms with Crippen LogP contribution in [0.25, 0.3) is 0 Å². The quantitative estimate of drug-likeness (QED) is 0.390. The first-order valence-corrected chi connectivity index (χ1v) is 10.8. The molecule has 1 saturated heterocycles. The Morgan fingerprint density at radius 2 is 2.04 bits per heavy atom. The molecule has 0 bridgehead atoms. The maximum atomic E-state index is 12.5. The van der Waals surface area contributed by atoms with Crippen LogP contribution < -0.4 is 20.3 Å². The van der Waals surface area contributed by atoms with Gasteiger partial charge in [0, 0.05) is 32.7 Å². The lowest BCUT2D eigenvalue weighted by Crippen LogP contribution is -3.14. The summed E-state index contributed by atoms with van der Waals surface area (Å²) in [5.74, 6) is 0.293. The van der Waals surface area contributed by atoms with Crippen LogP contribution in [0.4, 0.5) is 5.69 Å². The fourth-order valence-corrected chi connectivity index (χ4v) is 4.07. The number of quaternary nitrogens is 1. The highest BCUT2D eigenvalue weighted by atomic mass is 32.2. The molecule has 1 aliphatic rings. The highest BCUT2D eigenvalue weighted by molar-refractivity contribution is 7.89. The normalized spacial score (nSPS) is 15.6. The predicted octanol–water partition coefficient (Wildman–Crippen LogP) is -0.463. The summed E-state index contributed by atoms with van der Waals surface area (Å²) >= 11 is 5.32. The molecule has 0 aromatic heterocycles. The molecule has 0 spiro atoms. The fraction of sp³-hybridized carbons (Fsp3) is 0.588. The van der Waals surface area contributed by atoms with E-state index in [9.17, 15) is 8.42 Å². The third-order valence-corrected chi connectivity index (χ3v) is 6.46. The summed E-state index contributed by atoms with van der Waals surface area (Å²) in [6, 6.07) is 4.88. The van der Waals surface area contributed by atoms with Crippen molar-refractivity contribution in [3.8, 4) is 5.75 Å². The third kappa shape index (κ3) is 6.28. The van der Waals surface area contributed by atoms with Crippen LogP contribution in [-0.2, 0) is 14.8 Å². The molecular weight excluding hydrogens is 388 g/mol. The Morgan fingerprint density at radius 1 is 1.33 bits per heavy atom. The average Bonchev–Trinajstić information content (AvgIpc) is 2.66. The summed E-state index contributed by atoms with van der Waals surface area (Å²) in [6.45, 7) is 5.61. The molecule has 2 rings (SSSR count). The summed E-state index contributed by atoms with van der Waals surface area (Å²) in [5, 5.41) is 6.67. The summed E-state index contributed by atoms with van der Waals surface area (Å²) in [5.41, 5.74) is 0.590. The molecule has 0 amide bonds. The Kier molecular flexibility index (Phi) is 8.24. The van der Waals surface area contributed by atoms with Crippen LogP contribution in [0.2, 0.25) is 0 Å². The van der Waals surface area contributed by atoms with Crippen molar-refractivity contribution in [2.45, 2.75) is 11.3 Å². The van der Waals surface area contributed by atoms with Crippen molar-refractivity contribution >= 4 is 33.0 Å². The second kappa shape index (κ2) is 10.2. The summed E-state index contributed by atoms with van der Waals surface area (Å²) in [7, 11) is 0.792. The van der Waals surface area contributed by atoms with Gasteiger partial charge in [-0.1, -0.05) is 0 Å². The SMILES string of the molecule is COc1ccc(NC(=S)NCCC[NH+]2CCOCC2)cc1S(=O)(=O)N(C)C. The molecule has 1 fully saturated rings. The number of thiocarbonyl (C=S) groups is 1. The summed E-state index contributed by atoms with van der Waals surface area (Å²) < 4.78 is 36.6. The van der Waals surface area contributed by atoms with E-state index in [-0.39, 0.29) is 4.90 Å². The van der Waals surface area contributed by atoms with Gasteiger partial charge in [-0.15, -0.1) is 0 Å². The van der Waals surface area contributed by atoms with Gasteiger partial charge in [0.1, 0.15) is 23.7 Å². The molecule has 0 atom stereocenters. The second-order valence-corrected chi connectivity index (χ2v) is 9.03. The van der Waals surface area contributed by atoms with E-state index in [0.717, 1.165) is 50.1 Å². The maximum absolute atomic E-state index is 12.5. The van der Waals surface area contributed by atoms with Gasteiger partial charge in [-0.05, 0) is 30.4 Å². The summed E-state index contributed by atoms with van der Waals surface area (Å²) in [6.07, 6.45) is 1.00. The zero-order valence-corrected chi connectivity index (χ0v) is 17.7. The predicted molar refractivity (Wildman–Crippen MR) is 109 cm³/mol. The number of hydrogen-bond acceptors (Lipinski definition) is 5. The topological polar surface area (TPSA) is 84.3 Å². The Balaban J connectivity index is 1.89. The number of anilines is 1. The molecule has 1 aromatic carbocycles. The molecule has 27 heavy (non-hydrogen) atoms. The van der Waals surface area contributed by atoms with Crippen LogP contribution in [0.5, 0.6) is 5.75 Å². The second-order valence-electron chi connectivity index (χ2n) is 6.50. The monoisotopic (exact) mass is 417 g/mol. The summed E-state index contributed by atoms with van der Waals surface area (Å²) in [4.78, 5) is 1.65. The first-order valence-electron chi connectivity index (χ1n) is 8.91. The number of sulfonamides is 1. The highest BCUT2D eigenvalue weighted by Crippen LogP contribution is 2.28. The van der Waals surface area contributed by atoms with E-state index in [1.54, 1.807) is 17.0 Å². The van der Waals surface area contributed by atoms with Gasteiger partial charge >= 0.3 is 0 Å². The van der Waals surface area contributed by atoms with Gasteiger partial charge in [0.05, 0.1) is 26.9 Å². The van der Waals surface area contributed by atoms with Crippen LogP contribution in [0.15, 0.2) is 23.1 Å². The molecular formula is C17H29N4O4S2+.